The molecule has 6 heteroatoms. The number of carbonyl (C=O) groups excluding carboxylic acids is 2. The van der Waals surface area contributed by atoms with Crippen molar-refractivity contribution in [2.24, 2.45) is 0 Å². The molecule has 1 aromatic heterocycles. The second-order valence-electron chi connectivity index (χ2n) is 4.84. The van der Waals surface area contributed by atoms with Crippen LogP contribution in [-0.2, 0) is 4.79 Å². The first-order valence-corrected chi connectivity index (χ1v) is 8.61. The van der Waals surface area contributed by atoms with E-state index in [4.69, 9.17) is 0 Å². The maximum absolute atomic E-state index is 11.9. The van der Waals surface area contributed by atoms with Crippen LogP contribution in [0.15, 0.2) is 40.2 Å². The molecular formula is C16H17BrN2O2S. The predicted molar refractivity (Wildman–Crippen MR) is 93.4 cm³/mol. The van der Waals surface area contributed by atoms with Crippen molar-refractivity contribution in [2.45, 2.75) is 19.8 Å². The number of amides is 2. The van der Waals surface area contributed by atoms with Crippen molar-refractivity contribution < 1.29 is 9.59 Å². The van der Waals surface area contributed by atoms with Crippen LogP contribution in [0.3, 0.4) is 0 Å². The van der Waals surface area contributed by atoms with E-state index in [0.717, 1.165) is 15.7 Å². The number of carbonyl (C=O) groups is 2. The minimum atomic E-state index is -0.0841. The van der Waals surface area contributed by atoms with Gasteiger partial charge in [-0.15, -0.1) is 11.3 Å². The summed E-state index contributed by atoms with van der Waals surface area (Å²) in [6.45, 7) is 2.44. The molecule has 0 spiro atoms. The van der Waals surface area contributed by atoms with E-state index in [2.05, 4.69) is 26.6 Å². The zero-order valence-electron chi connectivity index (χ0n) is 12.2. The predicted octanol–water partition coefficient (Wildman–Crippen LogP) is 3.97. The maximum Gasteiger partial charge on any atom is 0.261 e. The third kappa shape index (κ3) is 4.96. The van der Waals surface area contributed by atoms with Crippen molar-refractivity contribution in [3.8, 4) is 0 Å². The van der Waals surface area contributed by atoms with E-state index in [9.17, 15) is 9.59 Å². The molecule has 0 fully saturated rings. The number of rotatable bonds is 6. The molecule has 1 aromatic carbocycles. The summed E-state index contributed by atoms with van der Waals surface area (Å²) in [5, 5.41) is 7.56. The number of halogens is 1. The highest BCUT2D eigenvalue weighted by Crippen LogP contribution is 2.20. The Hall–Kier alpha value is -1.66. The minimum Gasteiger partial charge on any atom is -0.351 e. The molecule has 116 valence electrons. The minimum absolute atomic E-state index is 0.0456. The molecule has 22 heavy (non-hydrogen) atoms. The molecule has 0 aliphatic carbocycles. The van der Waals surface area contributed by atoms with Gasteiger partial charge in [0.05, 0.1) is 4.88 Å². The second-order valence-corrected chi connectivity index (χ2v) is 6.71. The molecule has 0 atom stereocenters. The molecular weight excluding hydrogens is 364 g/mol. The molecule has 0 bridgehead atoms. The van der Waals surface area contributed by atoms with Crippen molar-refractivity contribution in [3.63, 3.8) is 0 Å². The molecule has 0 aliphatic heterocycles. The number of hydrogen-bond acceptors (Lipinski definition) is 3. The Bertz CT molecular complexity index is 656. The lowest BCUT2D eigenvalue weighted by Gasteiger charge is -2.09. The SMILES string of the molecule is Cc1cc(Br)ccc1NC(=O)CCCNC(=O)c1cccs1. The molecule has 2 amide bonds. The summed E-state index contributed by atoms with van der Waals surface area (Å²) in [7, 11) is 0. The van der Waals surface area contributed by atoms with Gasteiger partial charge < -0.3 is 10.6 Å². The van der Waals surface area contributed by atoms with Crippen LogP contribution in [0.1, 0.15) is 28.1 Å². The van der Waals surface area contributed by atoms with E-state index in [1.165, 1.54) is 11.3 Å². The van der Waals surface area contributed by atoms with E-state index in [1.54, 1.807) is 6.07 Å². The van der Waals surface area contributed by atoms with E-state index < -0.39 is 0 Å². The molecule has 2 rings (SSSR count). The van der Waals surface area contributed by atoms with E-state index in [-0.39, 0.29) is 11.8 Å². The Labute approximate surface area is 142 Å². The summed E-state index contributed by atoms with van der Waals surface area (Å²) in [5.41, 5.74) is 1.82. The van der Waals surface area contributed by atoms with Crippen LogP contribution in [0.4, 0.5) is 5.69 Å². The van der Waals surface area contributed by atoms with Gasteiger partial charge >= 0.3 is 0 Å². The summed E-state index contributed by atoms with van der Waals surface area (Å²) < 4.78 is 0.985. The van der Waals surface area contributed by atoms with Crippen molar-refractivity contribution in [1.29, 1.82) is 0 Å². The lowest BCUT2D eigenvalue weighted by Crippen LogP contribution is -2.24. The summed E-state index contributed by atoms with van der Waals surface area (Å²) >= 11 is 4.80. The first kappa shape index (κ1) is 16.7. The Kier molecular flexibility index (Phi) is 6.15. The molecule has 0 saturated heterocycles. The van der Waals surface area contributed by atoms with E-state index >= 15 is 0 Å². The Morgan fingerprint density at radius 3 is 2.77 bits per heavy atom. The first-order chi connectivity index (χ1) is 10.6. The fraction of sp³-hybridized carbons (Fsp3) is 0.250. The highest BCUT2D eigenvalue weighted by molar-refractivity contribution is 9.10. The van der Waals surface area contributed by atoms with Gasteiger partial charge in [-0.2, -0.15) is 0 Å². The van der Waals surface area contributed by atoms with Gasteiger partial charge in [0, 0.05) is 23.1 Å². The number of hydrogen-bond donors (Lipinski definition) is 2. The zero-order valence-corrected chi connectivity index (χ0v) is 14.6. The highest BCUT2D eigenvalue weighted by Gasteiger charge is 2.07. The number of aryl methyl sites for hydroxylation is 1. The third-order valence-corrected chi connectivity index (χ3v) is 4.44. The van der Waals surface area contributed by atoms with Gasteiger partial charge in [0.15, 0.2) is 0 Å². The first-order valence-electron chi connectivity index (χ1n) is 6.94. The average Bonchev–Trinajstić information content (AvgIpc) is 3.01. The fourth-order valence-electron chi connectivity index (χ4n) is 1.93. The van der Waals surface area contributed by atoms with Crippen LogP contribution >= 0.6 is 27.3 Å². The van der Waals surface area contributed by atoms with Gasteiger partial charge in [-0.25, -0.2) is 0 Å². The maximum atomic E-state index is 11.9. The Morgan fingerprint density at radius 1 is 1.27 bits per heavy atom. The standard InChI is InChI=1S/C16H17BrN2O2S/c1-11-10-12(17)6-7-13(11)19-15(20)5-2-8-18-16(21)14-4-3-9-22-14/h3-4,6-7,9-10H,2,5,8H2,1H3,(H,18,21)(H,19,20). The van der Waals surface area contributed by atoms with E-state index in [1.807, 2.05) is 36.6 Å². The largest absolute Gasteiger partial charge is 0.351 e. The molecule has 0 saturated carbocycles. The molecule has 2 N–H and O–H groups in total. The normalized spacial score (nSPS) is 10.3. The van der Waals surface area contributed by atoms with Crippen molar-refractivity contribution in [1.82, 2.24) is 5.32 Å². The van der Waals surface area contributed by atoms with Crippen LogP contribution < -0.4 is 10.6 Å². The zero-order chi connectivity index (χ0) is 15.9. The summed E-state index contributed by atoms with van der Waals surface area (Å²) in [6, 6.07) is 9.34. The number of benzene rings is 1. The smallest absolute Gasteiger partial charge is 0.261 e. The second kappa shape index (κ2) is 8.10. The van der Waals surface area contributed by atoms with Crippen LogP contribution in [0, 0.1) is 6.92 Å². The van der Waals surface area contributed by atoms with Crippen LogP contribution in [0.25, 0.3) is 0 Å². The Balaban J connectivity index is 1.71. The summed E-state index contributed by atoms with van der Waals surface area (Å²) in [4.78, 5) is 24.3. The lowest BCUT2D eigenvalue weighted by atomic mass is 10.2. The van der Waals surface area contributed by atoms with Gasteiger partial charge in [-0.3, -0.25) is 9.59 Å². The molecule has 1 heterocycles. The molecule has 0 aliphatic rings. The summed E-state index contributed by atoms with van der Waals surface area (Å²) in [6.07, 6.45) is 0.985. The monoisotopic (exact) mass is 380 g/mol. The van der Waals surface area contributed by atoms with Crippen LogP contribution in [0.5, 0.6) is 0 Å². The van der Waals surface area contributed by atoms with Crippen molar-refractivity contribution in [2.75, 3.05) is 11.9 Å². The number of nitrogens with one attached hydrogen (secondary N) is 2. The van der Waals surface area contributed by atoms with Crippen molar-refractivity contribution in [3.05, 3.63) is 50.6 Å². The van der Waals surface area contributed by atoms with Gasteiger partial charge in [-0.1, -0.05) is 22.0 Å². The lowest BCUT2D eigenvalue weighted by molar-refractivity contribution is -0.116. The molecule has 0 unspecified atom stereocenters. The van der Waals surface area contributed by atoms with Gasteiger partial charge in [0.25, 0.3) is 5.91 Å². The number of thiophene rings is 1. The molecule has 2 aromatic rings. The fourth-order valence-corrected chi connectivity index (χ4v) is 3.04. The average molecular weight is 381 g/mol. The van der Waals surface area contributed by atoms with Crippen molar-refractivity contribution >= 4 is 44.8 Å². The Morgan fingerprint density at radius 2 is 2.09 bits per heavy atom. The van der Waals surface area contributed by atoms with E-state index in [0.29, 0.717) is 24.3 Å². The van der Waals surface area contributed by atoms with Crippen LogP contribution in [0.2, 0.25) is 0 Å². The van der Waals surface area contributed by atoms with Crippen LogP contribution in [-0.4, -0.2) is 18.4 Å². The van der Waals surface area contributed by atoms with Gasteiger partial charge in [0.1, 0.15) is 0 Å². The number of anilines is 1. The van der Waals surface area contributed by atoms with Gasteiger partial charge in [0.2, 0.25) is 5.91 Å². The highest BCUT2D eigenvalue weighted by atomic mass is 79.9. The third-order valence-electron chi connectivity index (χ3n) is 3.07. The molecule has 4 nitrogen and oxygen atoms in total. The summed E-state index contributed by atoms with van der Waals surface area (Å²) in [5.74, 6) is -0.130. The topological polar surface area (TPSA) is 58.2 Å². The van der Waals surface area contributed by atoms with Gasteiger partial charge in [-0.05, 0) is 48.6 Å². The quantitative estimate of drug-likeness (QED) is 0.744. The molecule has 0 radical (unpaired) electrons.